The minimum absolute atomic E-state index is 0. The number of ketones is 2. The molecular weight excluding hydrogens is 459 g/mol. The molecule has 0 saturated heterocycles. The zero-order valence-electron chi connectivity index (χ0n) is 19.2. The van der Waals surface area contributed by atoms with Crippen LogP contribution in [-0.4, -0.2) is 60.1 Å². The second-order valence-corrected chi connectivity index (χ2v) is 6.52. The second kappa shape index (κ2) is 29.3. The van der Waals surface area contributed by atoms with Crippen LogP contribution in [0.2, 0.25) is 0 Å². The molecule has 0 bridgehead atoms. The normalized spacial score (nSPS) is 8.69. The standard InChI is InChI=1S/2C6H10O3.2C4H10O.Zr/c2*1-3-9-6(8)4-5(2)7;2*1-4(2)3-5;/h2*3-4H2,1-2H3;2*4-5H,3H2,1-2H3;. The summed E-state index contributed by atoms with van der Waals surface area (Å²) < 4.78 is 8.99. The number of aliphatic hydroxyl groups is 2. The fraction of sp³-hybridized carbons (Fsp3) is 0.800. The first kappa shape index (κ1) is 38.7. The molecule has 0 aliphatic heterocycles. The van der Waals surface area contributed by atoms with Crippen LogP contribution in [0, 0.1) is 11.8 Å². The summed E-state index contributed by atoms with van der Waals surface area (Å²) in [6.07, 6.45) is -0.207. The monoisotopic (exact) mass is 498 g/mol. The molecule has 0 fully saturated rings. The maximum atomic E-state index is 10.4. The molecule has 172 valence electrons. The van der Waals surface area contributed by atoms with Crippen molar-refractivity contribution in [3.8, 4) is 0 Å². The van der Waals surface area contributed by atoms with Crippen LogP contribution in [0.1, 0.15) is 68.2 Å². The van der Waals surface area contributed by atoms with E-state index in [1.54, 1.807) is 13.8 Å². The second-order valence-electron chi connectivity index (χ2n) is 6.52. The van der Waals surface area contributed by atoms with Crippen LogP contribution in [0.3, 0.4) is 0 Å². The van der Waals surface area contributed by atoms with E-state index in [1.165, 1.54) is 13.8 Å². The molecule has 0 radical (unpaired) electrons. The van der Waals surface area contributed by atoms with Crippen LogP contribution < -0.4 is 0 Å². The zero-order chi connectivity index (χ0) is 23.1. The minimum atomic E-state index is -0.440. The Balaban J connectivity index is -0.0000000907. The molecule has 0 saturated carbocycles. The smallest absolute Gasteiger partial charge is 0.313 e. The molecule has 0 amide bonds. The van der Waals surface area contributed by atoms with Crippen molar-refractivity contribution < 1.29 is 65.1 Å². The number of ether oxygens (including phenoxy) is 2. The number of hydrogen-bond donors (Lipinski definition) is 2. The summed E-state index contributed by atoms with van der Waals surface area (Å²) in [6.45, 7) is 15.3. The van der Waals surface area contributed by atoms with E-state index in [2.05, 4.69) is 9.47 Å². The molecule has 0 atom stereocenters. The summed E-state index contributed by atoms with van der Waals surface area (Å²) in [5, 5.41) is 16.3. The SMILES string of the molecule is CC(C)CO.CC(C)CO.CCOC(=O)CC(C)=O.CCOC(=O)CC(C)=O.[Zr]. The third-order valence-corrected chi connectivity index (χ3v) is 2.13. The molecule has 0 rings (SSSR count). The van der Waals surface area contributed by atoms with Gasteiger partial charge in [0.2, 0.25) is 0 Å². The van der Waals surface area contributed by atoms with E-state index in [-0.39, 0.29) is 50.6 Å². The molecular formula is C20H40O8Zr. The Bertz CT molecular complexity index is 371. The summed E-state index contributed by atoms with van der Waals surface area (Å²) in [6, 6.07) is 0. The predicted molar refractivity (Wildman–Crippen MR) is 108 cm³/mol. The predicted octanol–water partition coefficient (Wildman–Crippen LogP) is 2.32. The molecule has 0 heterocycles. The maximum Gasteiger partial charge on any atom is 0.313 e. The van der Waals surface area contributed by atoms with E-state index in [9.17, 15) is 19.2 Å². The van der Waals surface area contributed by atoms with Crippen molar-refractivity contribution in [1.29, 1.82) is 0 Å². The number of carbonyl (C=O) groups excluding carboxylic acids is 4. The molecule has 0 aromatic heterocycles. The Morgan fingerprint density at radius 2 is 0.897 bits per heavy atom. The molecule has 0 aliphatic carbocycles. The van der Waals surface area contributed by atoms with E-state index < -0.39 is 11.9 Å². The van der Waals surface area contributed by atoms with Gasteiger partial charge in [-0.15, -0.1) is 0 Å². The van der Waals surface area contributed by atoms with Crippen molar-refractivity contribution >= 4 is 23.5 Å². The third kappa shape index (κ3) is 58.4. The number of esters is 2. The van der Waals surface area contributed by atoms with Gasteiger partial charge in [-0.2, -0.15) is 0 Å². The van der Waals surface area contributed by atoms with Gasteiger partial charge in [0.1, 0.15) is 24.4 Å². The van der Waals surface area contributed by atoms with Crippen molar-refractivity contribution in [2.75, 3.05) is 26.4 Å². The molecule has 29 heavy (non-hydrogen) atoms. The summed E-state index contributed by atoms with van der Waals surface area (Å²) in [7, 11) is 0. The van der Waals surface area contributed by atoms with Crippen LogP contribution in [0.15, 0.2) is 0 Å². The Kier molecular flexibility index (Phi) is 39.0. The van der Waals surface area contributed by atoms with Crippen LogP contribution in [0.5, 0.6) is 0 Å². The zero-order valence-corrected chi connectivity index (χ0v) is 21.7. The van der Waals surface area contributed by atoms with Crippen molar-refractivity contribution in [3.05, 3.63) is 0 Å². The molecule has 8 nitrogen and oxygen atoms in total. The van der Waals surface area contributed by atoms with Gasteiger partial charge in [-0.25, -0.2) is 0 Å². The summed E-state index contributed by atoms with van der Waals surface area (Å²) in [5.74, 6) is -0.318. The third-order valence-electron chi connectivity index (χ3n) is 2.13. The number of rotatable bonds is 8. The van der Waals surface area contributed by atoms with Crippen LogP contribution in [-0.2, 0) is 54.9 Å². The van der Waals surface area contributed by atoms with Crippen molar-refractivity contribution in [2.45, 2.75) is 68.2 Å². The van der Waals surface area contributed by atoms with E-state index in [1.807, 2.05) is 27.7 Å². The van der Waals surface area contributed by atoms with Gasteiger partial charge in [0.25, 0.3) is 0 Å². The molecule has 9 heteroatoms. The van der Waals surface area contributed by atoms with Gasteiger partial charge in [-0.1, -0.05) is 27.7 Å². The van der Waals surface area contributed by atoms with E-state index in [0.29, 0.717) is 38.3 Å². The van der Waals surface area contributed by atoms with Gasteiger partial charge in [-0.05, 0) is 39.5 Å². The number of Topliss-reactive ketones (excluding diaryl/α,β-unsaturated/α-hetero) is 2. The van der Waals surface area contributed by atoms with Gasteiger partial charge in [-0.3, -0.25) is 19.2 Å². The van der Waals surface area contributed by atoms with Crippen molar-refractivity contribution in [1.82, 2.24) is 0 Å². The average Bonchev–Trinajstić information content (AvgIpc) is 2.55. The molecule has 2 N–H and O–H groups in total. The van der Waals surface area contributed by atoms with Gasteiger partial charge in [0.05, 0.1) is 13.2 Å². The maximum absolute atomic E-state index is 10.4. The first-order valence-electron chi connectivity index (χ1n) is 9.39. The van der Waals surface area contributed by atoms with Gasteiger partial charge in [0, 0.05) is 39.4 Å². The molecule has 0 aliphatic rings. The molecule has 0 aromatic carbocycles. The largest absolute Gasteiger partial charge is 0.466 e. The number of aliphatic hydroxyl groups excluding tert-OH is 2. The minimum Gasteiger partial charge on any atom is -0.466 e. The Morgan fingerprint density at radius 1 is 0.690 bits per heavy atom. The topological polar surface area (TPSA) is 127 Å². The van der Waals surface area contributed by atoms with Gasteiger partial charge >= 0.3 is 11.9 Å². The Labute approximate surface area is 194 Å². The molecule has 0 spiro atoms. The quantitative estimate of drug-likeness (QED) is 0.385. The first-order valence-corrected chi connectivity index (χ1v) is 9.39. The van der Waals surface area contributed by atoms with Gasteiger partial charge in [0.15, 0.2) is 0 Å². The van der Waals surface area contributed by atoms with Crippen molar-refractivity contribution in [2.24, 2.45) is 11.8 Å². The fourth-order valence-electron chi connectivity index (χ4n) is 0.831. The average molecular weight is 500 g/mol. The van der Waals surface area contributed by atoms with E-state index >= 15 is 0 Å². The molecule has 0 aromatic rings. The van der Waals surface area contributed by atoms with E-state index in [4.69, 9.17) is 10.2 Å². The van der Waals surface area contributed by atoms with E-state index in [0.717, 1.165) is 0 Å². The number of hydrogen-bond acceptors (Lipinski definition) is 8. The Morgan fingerprint density at radius 3 is 1.00 bits per heavy atom. The summed E-state index contributed by atoms with van der Waals surface area (Å²) >= 11 is 0. The fourth-order valence-corrected chi connectivity index (χ4v) is 0.831. The summed E-state index contributed by atoms with van der Waals surface area (Å²) in [5.41, 5.74) is 0. The summed E-state index contributed by atoms with van der Waals surface area (Å²) in [4.78, 5) is 41.3. The number of carbonyl (C=O) groups is 4. The van der Waals surface area contributed by atoms with Gasteiger partial charge < -0.3 is 19.7 Å². The van der Waals surface area contributed by atoms with Crippen LogP contribution >= 0.6 is 0 Å². The Hall–Kier alpha value is -0.917. The van der Waals surface area contributed by atoms with Crippen LogP contribution in [0.25, 0.3) is 0 Å². The first-order chi connectivity index (χ1) is 12.9. The van der Waals surface area contributed by atoms with Crippen molar-refractivity contribution in [3.63, 3.8) is 0 Å². The molecule has 0 unspecified atom stereocenters. The van der Waals surface area contributed by atoms with Crippen LogP contribution in [0.4, 0.5) is 0 Å².